The number of fused-ring (bicyclic) bond motifs is 2. The van der Waals surface area contributed by atoms with Crippen molar-refractivity contribution in [3.63, 3.8) is 0 Å². The lowest BCUT2D eigenvalue weighted by atomic mass is 10.1. The van der Waals surface area contributed by atoms with Crippen molar-refractivity contribution in [1.29, 1.82) is 0 Å². The summed E-state index contributed by atoms with van der Waals surface area (Å²) in [6.45, 7) is 2.05. The third-order valence-electron chi connectivity index (χ3n) is 3.53. The van der Waals surface area contributed by atoms with Crippen molar-refractivity contribution in [2.24, 2.45) is 0 Å². The number of aromatic nitrogens is 3. The molecule has 0 radical (unpaired) electrons. The summed E-state index contributed by atoms with van der Waals surface area (Å²) in [7, 11) is 0. The molecule has 4 aromatic rings. The van der Waals surface area contributed by atoms with Gasteiger partial charge in [0.2, 0.25) is 0 Å². The third-order valence-corrected chi connectivity index (χ3v) is 3.53. The Morgan fingerprint density at radius 3 is 2.80 bits per heavy atom. The van der Waals surface area contributed by atoms with E-state index in [0.717, 1.165) is 27.8 Å². The van der Waals surface area contributed by atoms with Crippen LogP contribution in [0.4, 0.5) is 0 Å². The molecular formula is C17H13N3. The Hall–Kier alpha value is -2.68. The summed E-state index contributed by atoms with van der Waals surface area (Å²) in [5.41, 5.74) is 5.22. The van der Waals surface area contributed by atoms with Gasteiger partial charge in [-0.1, -0.05) is 18.2 Å². The van der Waals surface area contributed by atoms with E-state index in [4.69, 9.17) is 0 Å². The summed E-state index contributed by atoms with van der Waals surface area (Å²) >= 11 is 0. The highest BCUT2D eigenvalue weighted by molar-refractivity contribution is 5.94. The molecule has 0 aliphatic carbocycles. The number of hydrogen-bond acceptors (Lipinski definition) is 2. The van der Waals surface area contributed by atoms with Gasteiger partial charge in [0, 0.05) is 29.5 Å². The predicted octanol–water partition coefficient (Wildman–Crippen LogP) is 3.86. The van der Waals surface area contributed by atoms with Crippen LogP contribution >= 0.6 is 0 Å². The van der Waals surface area contributed by atoms with Gasteiger partial charge in [-0.25, -0.2) is 4.98 Å². The average molecular weight is 259 g/mol. The van der Waals surface area contributed by atoms with Gasteiger partial charge in [-0.2, -0.15) is 0 Å². The van der Waals surface area contributed by atoms with Gasteiger partial charge < -0.3 is 4.40 Å². The molecule has 3 aromatic heterocycles. The molecule has 0 spiro atoms. The van der Waals surface area contributed by atoms with Gasteiger partial charge in [0.15, 0.2) is 0 Å². The summed E-state index contributed by atoms with van der Waals surface area (Å²) in [6, 6.07) is 14.3. The summed E-state index contributed by atoms with van der Waals surface area (Å²) in [5.74, 6) is 0. The molecule has 0 fully saturated rings. The van der Waals surface area contributed by atoms with Crippen molar-refractivity contribution in [3.8, 4) is 11.3 Å². The first kappa shape index (κ1) is 11.2. The standard InChI is InChI=1S/C17H13N3/c1-12-7-8-15(18-10-12)13-4-2-5-16-14(13)11-20-9-3-6-17(20)19-16/h2-11H,1H3. The highest BCUT2D eigenvalue weighted by Gasteiger charge is 2.07. The highest BCUT2D eigenvalue weighted by atomic mass is 15.0. The first-order chi connectivity index (χ1) is 9.81. The Kier molecular flexibility index (Phi) is 2.33. The number of nitrogens with zero attached hydrogens (tertiary/aromatic N) is 3. The van der Waals surface area contributed by atoms with Gasteiger partial charge in [0.1, 0.15) is 5.65 Å². The SMILES string of the molecule is Cc1ccc(-c2cccc3nc4cccn4cc23)nc1. The molecule has 4 rings (SSSR count). The second-order valence-electron chi connectivity index (χ2n) is 4.97. The van der Waals surface area contributed by atoms with Gasteiger partial charge in [0.25, 0.3) is 0 Å². The predicted molar refractivity (Wildman–Crippen MR) is 80.7 cm³/mol. The molecule has 3 nitrogen and oxygen atoms in total. The van der Waals surface area contributed by atoms with Crippen LogP contribution < -0.4 is 0 Å². The van der Waals surface area contributed by atoms with Crippen LogP contribution in [0.2, 0.25) is 0 Å². The fourth-order valence-corrected chi connectivity index (χ4v) is 2.49. The zero-order valence-electron chi connectivity index (χ0n) is 11.1. The zero-order chi connectivity index (χ0) is 13.5. The Morgan fingerprint density at radius 2 is 1.95 bits per heavy atom. The van der Waals surface area contributed by atoms with E-state index < -0.39 is 0 Å². The maximum absolute atomic E-state index is 4.68. The van der Waals surface area contributed by atoms with Gasteiger partial charge in [-0.3, -0.25) is 4.98 Å². The molecule has 20 heavy (non-hydrogen) atoms. The maximum Gasteiger partial charge on any atom is 0.137 e. The van der Waals surface area contributed by atoms with Crippen molar-refractivity contribution in [3.05, 3.63) is 66.6 Å². The minimum absolute atomic E-state index is 0.964. The zero-order valence-corrected chi connectivity index (χ0v) is 11.1. The molecule has 0 N–H and O–H groups in total. The molecule has 96 valence electrons. The topological polar surface area (TPSA) is 30.2 Å². The lowest BCUT2D eigenvalue weighted by molar-refractivity contribution is 1.17. The normalized spacial score (nSPS) is 11.2. The van der Waals surface area contributed by atoms with Crippen LogP contribution in [0.15, 0.2) is 61.1 Å². The summed E-state index contributed by atoms with van der Waals surface area (Å²) in [4.78, 5) is 9.21. The van der Waals surface area contributed by atoms with Crippen molar-refractivity contribution < 1.29 is 0 Å². The molecule has 0 amide bonds. The molecule has 0 saturated heterocycles. The third kappa shape index (κ3) is 1.67. The maximum atomic E-state index is 4.68. The number of pyridine rings is 1. The molecule has 3 heteroatoms. The Labute approximate surface area is 116 Å². The molecular weight excluding hydrogens is 246 g/mol. The second kappa shape index (κ2) is 4.17. The first-order valence-electron chi connectivity index (χ1n) is 6.61. The van der Waals surface area contributed by atoms with E-state index in [2.05, 4.69) is 34.4 Å². The lowest BCUT2D eigenvalue weighted by Crippen LogP contribution is -1.91. The first-order valence-corrected chi connectivity index (χ1v) is 6.61. The van der Waals surface area contributed by atoms with Crippen LogP contribution in [0.5, 0.6) is 0 Å². The fourth-order valence-electron chi connectivity index (χ4n) is 2.49. The number of rotatable bonds is 1. The minimum Gasteiger partial charge on any atom is -0.308 e. The monoisotopic (exact) mass is 259 g/mol. The van der Waals surface area contributed by atoms with E-state index in [9.17, 15) is 0 Å². The van der Waals surface area contributed by atoms with Crippen LogP contribution in [0.1, 0.15) is 5.56 Å². The molecule has 0 saturated carbocycles. The van der Waals surface area contributed by atoms with Crippen molar-refractivity contribution in [2.45, 2.75) is 6.92 Å². The number of benzene rings is 1. The second-order valence-corrected chi connectivity index (χ2v) is 4.97. The summed E-state index contributed by atoms with van der Waals surface area (Å²) in [5, 5.41) is 1.12. The van der Waals surface area contributed by atoms with Crippen LogP contribution in [0, 0.1) is 6.92 Å². The number of hydrogen-bond donors (Lipinski definition) is 0. The smallest absolute Gasteiger partial charge is 0.137 e. The molecule has 0 aliphatic heterocycles. The van der Waals surface area contributed by atoms with E-state index >= 15 is 0 Å². The highest BCUT2D eigenvalue weighted by Crippen LogP contribution is 2.26. The van der Waals surface area contributed by atoms with E-state index in [1.165, 1.54) is 5.56 Å². The minimum atomic E-state index is 0.964. The van der Waals surface area contributed by atoms with Crippen molar-refractivity contribution in [1.82, 2.24) is 14.4 Å². The Bertz CT molecular complexity index is 904. The quantitative estimate of drug-likeness (QED) is 0.519. The fraction of sp³-hybridized carbons (Fsp3) is 0.0588. The molecule has 0 aliphatic rings. The van der Waals surface area contributed by atoms with Crippen LogP contribution in [0.3, 0.4) is 0 Å². The summed E-state index contributed by atoms with van der Waals surface area (Å²) < 4.78 is 2.04. The Morgan fingerprint density at radius 1 is 1.00 bits per heavy atom. The summed E-state index contributed by atoms with van der Waals surface area (Å²) in [6.07, 6.45) is 6.03. The van der Waals surface area contributed by atoms with E-state index in [-0.39, 0.29) is 0 Å². The molecule has 3 heterocycles. The molecule has 0 unspecified atom stereocenters. The average Bonchev–Trinajstić information content (AvgIpc) is 2.92. The molecule has 0 bridgehead atoms. The van der Waals surface area contributed by atoms with E-state index in [0.29, 0.717) is 0 Å². The number of aryl methyl sites for hydroxylation is 1. The van der Waals surface area contributed by atoms with Crippen LogP contribution in [0.25, 0.3) is 27.8 Å². The van der Waals surface area contributed by atoms with Crippen LogP contribution in [-0.2, 0) is 0 Å². The van der Waals surface area contributed by atoms with Crippen molar-refractivity contribution >= 4 is 16.6 Å². The Balaban J connectivity index is 2.05. The van der Waals surface area contributed by atoms with Gasteiger partial charge >= 0.3 is 0 Å². The van der Waals surface area contributed by atoms with E-state index in [1.807, 2.05) is 48.0 Å². The van der Waals surface area contributed by atoms with E-state index in [1.54, 1.807) is 0 Å². The van der Waals surface area contributed by atoms with Gasteiger partial charge in [0.05, 0.1) is 11.2 Å². The molecule has 1 aromatic carbocycles. The molecule has 0 atom stereocenters. The van der Waals surface area contributed by atoms with Crippen LogP contribution in [-0.4, -0.2) is 14.4 Å². The van der Waals surface area contributed by atoms with Gasteiger partial charge in [-0.05, 0) is 36.8 Å². The largest absolute Gasteiger partial charge is 0.308 e. The van der Waals surface area contributed by atoms with Crippen molar-refractivity contribution in [2.75, 3.05) is 0 Å². The lowest BCUT2D eigenvalue weighted by Gasteiger charge is -2.07. The van der Waals surface area contributed by atoms with Gasteiger partial charge in [-0.15, -0.1) is 0 Å².